The molecule has 0 heterocycles. The van der Waals surface area contributed by atoms with Crippen LogP contribution in [0.15, 0.2) is 40.9 Å². The summed E-state index contributed by atoms with van der Waals surface area (Å²) in [6.07, 6.45) is 2.77. The molecule has 0 radical (unpaired) electrons. The number of sulfonamides is 1. The molecule has 0 aliphatic carbocycles. The van der Waals surface area contributed by atoms with Crippen molar-refractivity contribution in [2.24, 2.45) is 0 Å². The molecular weight excluding hydrogens is 577 g/mol. The number of rotatable bonds is 11. The third-order valence-electron chi connectivity index (χ3n) is 5.44. The van der Waals surface area contributed by atoms with Crippen molar-refractivity contribution in [2.75, 3.05) is 23.7 Å². The van der Waals surface area contributed by atoms with Gasteiger partial charge in [-0.2, -0.15) is 0 Å². The lowest BCUT2D eigenvalue weighted by Crippen LogP contribution is -2.51. The third-order valence-corrected chi connectivity index (χ3v) is 8.21. The van der Waals surface area contributed by atoms with Crippen LogP contribution in [0.4, 0.5) is 5.69 Å². The lowest BCUT2D eigenvalue weighted by Gasteiger charge is -2.31. The Kier molecular flexibility index (Phi) is 10.9. The summed E-state index contributed by atoms with van der Waals surface area (Å²) in [5.41, 5.74) is 1.84. The lowest BCUT2D eigenvalue weighted by molar-refractivity contribution is -0.139. The standard InChI is InChI=1S/C24H30BrCl2N3O4S/c1-5-6-11-28-24(32)17(3)29(14-18-7-10-21(26)22(27)13-18)23(31)15-30(35(4,33)34)19-8-9-20(25)16(2)12-19/h7-10,12-13,17H,5-6,11,14-15H2,1-4H3,(H,28,32)/t17-/m0/s1. The monoisotopic (exact) mass is 605 g/mol. The number of nitrogens with one attached hydrogen (secondary N) is 1. The van der Waals surface area contributed by atoms with Crippen LogP contribution in [0.1, 0.15) is 37.8 Å². The highest BCUT2D eigenvalue weighted by molar-refractivity contribution is 9.10. The molecule has 2 amide bonds. The van der Waals surface area contributed by atoms with Gasteiger partial charge in [0.05, 0.1) is 22.0 Å². The number of carbonyl (C=O) groups is 2. The minimum atomic E-state index is -3.79. The number of hydrogen-bond donors (Lipinski definition) is 1. The first kappa shape index (κ1) is 29.4. The van der Waals surface area contributed by atoms with Crippen molar-refractivity contribution >= 4 is 66.7 Å². The molecule has 2 aromatic rings. The van der Waals surface area contributed by atoms with E-state index in [1.165, 1.54) is 4.90 Å². The van der Waals surface area contributed by atoms with Gasteiger partial charge in [0.1, 0.15) is 12.6 Å². The van der Waals surface area contributed by atoms with Gasteiger partial charge in [-0.15, -0.1) is 0 Å². The van der Waals surface area contributed by atoms with Gasteiger partial charge in [0, 0.05) is 17.6 Å². The van der Waals surface area contributed by atoms with Crippen LogP contribution in [0.3, 0.4) is 0 Å². The number of nitrogens with zero attached hydrogens (tertiary/aromatic N) is 2. The maximum Gasteiger partial charge on any atom is 0.244 e. The summed E-state index contributed by atoms with van der Waals surface area (Å²) in [4.78, 5) is 27.7. The molecule has 0 fully saturated rings. The van der Waals surface area contributed by atoms with Crippen LogP contribution in [0.2, 0.25) is 10.0 Å². The van der Waals surface area contributed by atoms with E-state index in [1.54, 1.807) is 43.3 Å². The summed E-state index contributed by atoms with van der Waals surface area (Å²) in [7, 11) is -3.79. The van der Waals surface area contributed by atoms with E-state index in [0.29, 0.717) is 27.8 Å². The zero-order chi connectivity index (χ0) is 26.3. The second-order valence-corrected chi connectivity index (χ2v) is 11.9. The van der Waals surface area contributed by atoms with Crippen LogP contribution in [0, 0.1) is 6.92 Å². The Hall–Kier alpha value is -1.81. The number of halogens is 3. The maximum absolute atomic E-state index is 13.5. The van der Waals surface area contributed by atoms with Crippen LogP contribution in [0.25, 0.3) is 0 Å². The zero-order valence-corrected chi connectivity index (χ0v) is 24.1. The number of aryl methyl sites for hydroxylation is 1. The summed E-state index contributed by atoms with van der Waals surface area (Å²) in [6.45, 7) is 5.53. The fourth-order valence-electron chi connectivity index (χ4n) is 3.35. The van der Waals surface area contributed by atoms with Gasteiger partial charge in [0.25, 0.3) is 0 Å². The zero-order valence-electron chi connectivity index (χ0n) is 20.1. The molecule has 11 heteroatoms. The molecule has 35 heavy (non-hydrogen) atoms. The molecular formula is C24H30BrCl2N3O4S. The highest BCUT2D eigenvalue weighted by atomic mass is 79.9. The first-order valence-corrected chi connectivity index (χ1v) is 14.5. The van der Waals surface area contributed by atoms with E-state index in [9.17, 15) is 18.0 Å². The molecule has 0 aromatic heterocycles. The molecule has 0 saturated carbocycles. The fraction of sp³-hybridized carbons (Fsp3) is 0.417. The average Bonchev–Trinajstić information content (AvgIpc) is 2.78. The molecule has 192 valence electrons. The first-order valence-electron chi connectivity index (χ1n) is 11.1. The summed E-state index contributed by atoms with van der Waals surface area (Å²) in [6, 6.07) is 9.13. The number of carbonyl (C=O) groups excluding carboxylic acids is 2. The van der Waals surface area contributed by atoms with Crippen LogP contribution >= 0.6 is 39.1 Å². The molecule has 1 N–H and O–H groups in total. The Morgan fingerprint density at radius 2 is 1.80 bits per heavy atom. The molecule has 2 aromatic carbocycles. The Morgan fingerprint density at radius 3 is 2.37 bits per heavy atom. The molecule has 0 spiro atoms. The van der Waals surface area contributed by atoms with Gasteiger partial charge in [-0.1, -0.05) is 58.5 Å². The van der Waals surface area contributed by atoms with Gasteiger partial charge >= 0.3 is 0 Å². The van der Waals surface area contributed by atoms with E-state index in [1.807, 2.05) is 13.8 Å². The quantitative estimate of drug-likeness (QED) is 0.358. The van der Waals surface area contributed by atoms with E-state index in [0.717, 1.165) is 33.4 Å². The molecule has 1 atom stereocenters. The minimum absolute atomic E-state index is 0.0506. The van der Waals surface area contributed by atoms with Gasteiger partial charge in [0.2, 0.25) is 21.8 Å². The normalized spacial score (nSPS) is 12.2. The topological polar surface area (TPSA) is 86.8 Å². The second kappa shape index (κ2) is 12.9. The minimum Gasteiger partial charge on any atom is -0.354 e. The Morgan fingerprint density at radius 1 is 1.11 bits per heavy atom. The molecule has 0 unspecified atom stereocenters. The molecule has 0 saturated heterocycles. The fourth-order valence-corrected chi connectivity index (χ4v) is 4.76. The average molecular weight is 607 g/mol. The number of unbranched alkanes of at least 4 members (excludes halogenated alkanes) is 1. The summed E-state index contributed by atoms with van der Waals surface area (Å²) in [5, 5.41) is 3.52. The van der Waals surface area contributed by atoms with Crippen LogP contribution in [-0.4, -0.2) is 50.5 Å². The van der Waals surface area contributed by atoms with E-state index in [4.69, 9.17) is 23.2 Å². The summed E-state index contributed by atoms with van der Waals surface area (Å²) < 4.78 is 27.1. The summed E-state index contributed by atoms with van der Waals surface area (Å²) >= 11 is 15.6. The molecule has 7 nitrogen and oxygen atoms in total. The van der Waals surface area contributed by atoms with Crippen molar-refractivity contribution in [1.82, 2.24) is 10.2 Å². The van der Waals surface area contributed by atoms with Gasteiger partial charge in [0.15, 0.2) is 0 Å². The predicted molar refractivity (Wildman–Crippen MR) is 145 cm³/mol. The van der Waals surface area contributed by atoms with Gasteiger partial charge < -0.3 is 10.2 Å². The second-order valence-electron chi connectivity index (χ2n) is 8.29. The Bertz CT molecular complexity index is 1180. The summed E-state index contributed by atoms with van der Waals surface area (Å²) in [5.74, 6) is -0.850. The molecule has 0 aliphatic heterocycles. The smallest absolute Gasteiger partial charge is 0.244 e. The van der Waals surface area contributed by atoms with Crippen molar-refractivity contribution in [2.45, 2.75) is 46.2 Å². The van der Waals surface area contributed by atoms with Crippen molar-refractivity contribution in [1.29, 1.82) is 0 Å². The highest BCUT2D eigenvalue weighted by Gasteiger charge is 2.30. The van der Waals surface area contributed by atoms with Crippen LogP contribution in [0.5, 0.6) is 0 Å². The predicted octanol–water partition coefficient (Wildman–Crippen LogP) is 5.16. The van der Waals surface area contributed by atoms with E-state index in [-0.39, 0.29) is 12.5 Å². The SMILES string of the molecule is CCCCNC(=O)[C@H](C)N(Cc1ccc(Cl)c(Cl)c1)C(=O)CN(c1ccc(Br)c(C)c1)S(C)(=O)=O. The Balaban J connectivity index is 2.39. The molecule has 0 bridgehead atoms. The molecule has 2 rings (SSSR count). The molecule has 0 aliphatic rings. The first-order chi connectivity index (χ1) is 16.3. The van der Waals surface area contributed by atoms with Crippen LogP contribution < -0.4 is 9.62 Å². The van der Waals surface area contributed by atoms with E-state index < -0.39 is 28.5 Å². The van der Waals surface area contributed by atoms with E-state index in [2.05, 4.69) is 21.2 Å². The van der Waals surface area contributed by atoms with Crippen molar-refractivity contribution < 1.29 is 18.0 Å². The largest absolute Gasteiger partial charge is 0.354 e. The third kappa shape index (κ3) is 8.37. The maximum atomic E-state index is 13.5. The number of benzene rings is 2. The van der Waals surface area contributed by atoms with E-state index >= 15 is 0 Å². The Labute approximate surface area is 225 Å². The van der Waals surface area contributed by atoms with Crippen LogP contribution in [-0.2, 0) is 26.2 Å². The number of hydrogen-bond acceptors (Lipinski definition) is 4. The number of anilines is 1. The van der Waals surface area contributed by atoms with Crippen molar-refractivity contribution in [3.63, 3.8) is 0 Å². The van der Waals surface area contributed by atoms with Gasteiger partial charge in [-0.05, 0) is 61.7 Å². The van der Waals surface area contributed by atoms with Crippen molar-refractivity contribution in [3.05, 3.63) is 62.0 Å². The van der Waals surface area contributed by atoms with Gasteiger partial charge in [-0.25, -0.2) is 8.42 Å². The van der Waals surface area contributed by atoms with Crippen molar-refractivity contribution in [3.8, 4) is 0 Å². The van der Waals surface area contributed by atoms with Gasteiger partial charge in [-0.3, -0.25) is 13.9 Å². The number of amides is 2. The highest BCUT2D eigenvalue weighted by Crippen LogP contribution is 2.26. The lowest BCUT2D eigenvalue weighted by atomic mass is 10.1.